The lowest BCUT2D eigenvalue weighted by atomic mass is 10.1. The van der Waals surface area contributed by atoms with E-state index in [1.807, 2.05) is 6.20 Å². The van der Waals surface area contributed by atoms with Gasteiger partial charge in [0, 0.05) is 43.7 Å². The minimum atomic E-state index is -0.215. The summed E-state index contributed by atoms with van der Waals surface area (Å²) >= 11 is 1.24. The normalized spacial score (nSPS) is 17.1. The molecule has 2 amide bonds. The molecule has 0 radical (unpaired) electrons. The highest BCUT2D eigenvalue weighted by molar-refractivity contribution is 7.14. The fourth-order valence-electron chi connectivity index (χ4n) is 2.32. The van der Waals surface area contributed by atoms with Gasteiger partial charge in [-0.15, -0.1) is 11.3 Å². The Labute approximate surface area is 125 Å². The maximum atomic E-state index is 12.2. The highest BCUT2D eigenvalue weighted by atomic mass is 32.1. The first-order valence-corrected chi connectivity index (χ1v) is 7.54. The molecule has 8 heteroatoms. The van der Waals surface area contributed by atoms with Crippen molar-refractivity contribution in [3.8, 4) is 0 Å². The summed E-state index contributed by atoms with van der Waals surface area (Å²) in [5, 5.41) is 7.62. The van der Waals surface area contributed by atoms with Gasteiger partial charge in [-0.2, -0.15) is 0 Å². The number of hydrogen-bond donors (Lipinski definition) is 2. The van der Waals surface area contributed by atoms with Gasteiger partial charge in [0.15, 0.2) is 5.13 Å². The molecule has 0 fully saturated rings. The monoisotopic (exact) mass is 305 g/mol. The third kappa shape index (κ3) is 3.10. The molecule has 2 aromatic heterocycles. The summed E-state index contributed by atoms with van der Waals surface area (Å²) in [4.78, 5) is 31.5. The van der Waals surface area contributed by atoms with E-state index in [9.17, 15) is 9.59 Å². The van der Waals surface area contributed by atoms with Gasteiger partial charge < -0.3 is 15.2 Å². The molecule has 0 bridgehead atoms. The van der Waals surface area contributed by atoms with Crippen molar-refractivity contribution in [3.63, 3.8) is 0 Å². The third-order valence-electron chi connectivity index (χ3n) is 3.30. The topological polar surface area (TPSA) is 88.9 Å². The molecule has 0 aliphatic carbocycles. The second-order valence-electron chi connectivity index (χ2n) is 4.92. The zero-order valence-corrected chi connectivity index (χ0v) is 12.3. The van der Waals surface area contributed by atoms with Crippen molar-refractivity contribution in [3.05, 3.63) is 29.3 Å². The number of carbonyl (C=O) groups is 2. The van der Waals surface area contributed by atoms with E-state index >= 15 is 0 Å². The zero-order chi connectivity index (χ0) is 14.8. The van der Waals surface area contributed by atoms with Gasteiger partial charge in [-0.05, 0) is 6.42 Å². The maximum Gasteiger partial charge on any atom is 0.271 e. The van der Waals surface area contributed by atoms with Crippen LogP contribution in [0.4, 0.5) is 5.13 Å². The molecule has 0 saturated heterocycles. The average Bonchev–Trinajstić information content (AvgIpc) is 3.06. The van der Waals surface area contributed by atoms with Crippen molar-refractivity contribution in [2.45, 2.75) is 32.4 Å². The van der Waals surface area contributed by atoms with E-state index in [4.69, 9.17) is 0 Å². The van der Waals surface area contributed by atoms with Crippen LogP contribution in [0.5, 0.6) is 0 Å². The van der Waals surface area contributed by atoms with Crippen LogP contribution in [-0.4, -0.2) is 32.4 Å². The van der Waals surface area contributed by atoms with Crippen LogP contribution in [0.25, 0.3) is 0 Å². The Morgan fingerprint density at radius 2 is 2.33 bits per heavy atom. The Morgan fingerprint density at radius 1 is 1.48 bits per heavy atom. The van der Waals surface area contributed by atoms with Crippen LogP contribution < -0.4 is 10.6 Å². The molecule has 1 aliphatic heterocycles. The first-order chi connectivity index (χ1) is 10.1. The fourth-order valence-corrected chi connectivity index (χ4v) is 3.06. The minimum Gasteiger partial charge on any atom is -0.347 e. The highest BCUT2D eigenvalue weighted by Crippen LogP contribution is 2.17. The number of fused-ring (bicyclic) bond motifs is 1. The molecule has 0 spiro atoms. The summed E-state index contributed by atoms with van der Waals surface area (Å²) in [6.07, 6.45) is 5.33. The molecule has 0 aromatic carbocycles. The van der Waals surface area contributed by atoms with E-state index in [0.29, 0.717) is 10.8 Å². The van der Waals surface area contributed by atoms with Gasteiger partial charge in [-0.1, -0.05) is 0 Å². The Morgan fingerprint density at radius 3 is 3.14 bits per heavy atom. The second kappa shape index (κ2) is 5.65. The number of anilines is 1. The van der Waals surface area contributed by atoms with Gasteiger partial charge in [0.2, 0.25) is 5.91 Å². The first kappa shape index (κ1) is 13.7. The molecular formula is C13H15N5O2S. The largest absolute Gasteiger partial charge is 0.347 e. The van der Waals surface area contributed by atoms with Crippen LogP contribution in [-0.2, 0) is 17.8 Å². The van der Waals surface area contributed by atoms with Crippen molar-refractivity contribution < 1.29 is 9.59 Å². The fraction of sp³-hybridized carbons (Fsp3) is 0.385. The zero-order valence-electron chi connectivity index (χ0n) is 11.5. The summed E-state index contributed by atoms with van der Waals surface area (Å²) in [7, 11) is 0. The van der Waals surface area contributed by atoms with Gasteiger partial charge >= 0.3 is 0 Å². The van der Waals surface area contributed by atoms with Gasteiger partial charge in [0.05, 0.1) is 0 Å². The van der Waals surface area contributed by atoms with Crippen LogP contribution in [0.2, 0.25) is 0 Å². The Kier molecular flexibility index (Phi) is 3.70. The summed E-state index contributed by atoms with van der Waals surface area (Å²) in [5.41, 5.74) is 0.331. The van der Waals surface area contributed by atoms with Gasteiger partial charge in [0.25, 0.3) is 5.91 Å². The predicted molar refractivity (Wildman–Crippen MR) is 78.2 cm³/mol. The lowest BCUT2D eigenvalue weighted by Gasteiger charge is -2.23. The maximum absolute atomic E-state index is 12.2. The number of carbonyl (C=O) groups excluding carboxylic acids is 2. The van der Waals surface area contributed by atoms with Crippen molar-refractivity contribution >= 4 is 28.3 Å². The molecule has 7 nitrogen and oxygen atoms in total. The van der Waals surface area contributed by atoms with E-state index in [1.165, 1.54) is 18.3 Å². The number of thiazole rings is 1. The molecular weight excluding hydrogens is 290 g/mol. The van der Waals surface area contributed by atoms with E-state index in [1.54, 1.807) is 11.6 Å². The van der Waals surface area contributed by atoms with Crippen LogP contribution in [0, 0.1) is 0 Å². The number of imidazole rings is 1. The van der Waals surface area contributed by atoms with Crippen molar-refractivity contribution in [1.82, 2.24) is 19.9 Å². The Hall–Kier alpha value is -2.22. The first-order valence-electron chi connectivity index (χ1n) is 6.66. The number of amides is 2. The third-order valence-corrected chi connectivity index (χ3v) is 4.06. The summed E-state index contributed by atoms with van der Waals surface area (Å²) in [5.74, 6) is 0.576. The second-order valence-corrected chi connectivity index (χ2v) is 5.78. The summed E-state index contributed by atoms with van der Waals surface area (Å²) < 4.78 is 2.10. The lowest BCUT2D eigenvalue weighted by molar-refractivity contribution is -0.114. The van der Waals surface area contributed by atoms with Crippen LogP contribution in [0.1, 0.15) is 29.7 Å². The molecule has 2 aromatic rings. The van der Waals surface area contributed by atoms with Crippen LogP contribution >= 0.6 is 11.3 Å². The molecule has 1 unspecified atom stereocenters. The van der Waals surface area contributed by atoms with Gasteiger partial charge in [-0.3, -0.25) is 9.59 Å². The van der Waals surface area contributed by atoms with Crippen molar-refractivity contribution in [2.75, 3.05) is 5.32 Å². The lowest BCUT2D eigenvalue weighted by Crippen LogP contribution is -2.40. The quantitative estimate of drug-likeness (QED) is 0.887. The molecule has 1 atom stereocenters. The molecule has 3 rings (SSSR count). The summed E-state index contributed by atoms with van der Waals surface area (Å²) in [6, 6.07) is 0.0679. The van der Waals surface area contributed by atoms with Crippen molar-refractivity contribution in [2.24, 2.45) is 0 Å². The van der Waals surface area contributed by atoms with E-state index in [-0.39, 0.29) is 17.9 Å². The molecule has 0 saturated carbocycles. The average molecular weight is 305 g/mol. The van der Waals surface area contributed by atoms with Crippen molar-refractivity contribution in [1.29, 1.82) is 0 Å². The highest BCUT2D eigenvalue weighted by Gasteiger charge is 2.22. The van der Waals surface area contributed by atoms with Gasteiger partial charge in [0.1, 0.15) is 11.5 Å². The van der Waals surface area contributed by atoms with E-state index in [0.717, 1.165) is 25.2 Å². The number of hydrogen-bond acceptors (Lipinski definition) is 5. The van der Waals surface area contributed by atoms with E-state index in [2.05, 4.69) is 25.2 Å². The smallest absolute Gasteiger partial charge is 0.271 e. The van der Waals surface area contributed by atoms with Crippen LogP contribution in [0.15, 0.2) is 17.8 Å². The number of nitrogens with one attached hydrogen (secondary N) is 2. The molecule has 110 valence electrons. The number of nitrogens with zero attached hydrogens (tertiary/aromatic N) is 3. The standard InChI is InChI=1S/C13H15N5O2S/c1-8(19)15-13-17-10(7-21-13)12(20)16-9-2-4-18-5-3-14-11(18)6-9/h3,5,7,9H,2,4,6H2,1H3,(H,16,20)(H,15,17,19). The molecule has 21 heavy (non-hydrogen) atoms. The SMILES string of the molecule is CC(=O)Nc1nc(C(=O)NC2CCn3ccnc3C2)cs1. The Bertz CT molecular complexity index is 678. The van der Waals surface area contributed by atoms with Gasteiger partial charge in [-0.25, -0.2) is 9.97 Å². The van der Waals surface area contributed by atoms with E-state index < -0.39 is 0 Å². The Balaban J connectivity index is 1.62. The molecule has 3 heterocycles. The molecule has 2 N–H and O–H groups in total. The summed E-state index contributed by atoms with van der Waals surface area (Å²) in [6.45, 7) is 2.26. The minimum absolute atomic E-state index is 0.0679. The van der Waals surface area contributed by atoms with Crippen LogP contribution in [0.3, 0.4) is 0 Å². The number of aryl methyl sites for hydroxylation is 1. The predicted octanol–water partition coefficient (Wildman–Crippen LogP) is 1.04. The number of rotatable bonds is 3. The molecule has 1 aliphatic rings. The number of aromatic nitrogens is 3.